The van der Waals surface area contributed by atoms with Crippen LogP contribution < -0.4 is 5.14 Å². The minimum atomic E-state index is -3.83. The predicted molar refractivity (Wildman–Crippen MR) is 119 cm³/mol. The summed E-state index contributed by atoms with van der Waals surface area (Å²) in [7, 11) is -3.83. The van der Waals surface area contributed by atoms with Crippen LogP contribution in [-0.2, 0) is 14.8 Å². The fraction of sp³-hybridized carbons (Fsp3) is 0.182. The van der Waals surface area contributed by atoms with Crippen LogP contribution in [0.4, 0.5) is 5.69 Å². The van der Waals surface area contributed by atoms with Crippen LogP contribution in [0.1, 0.15) is 37.7 Å². The molecule has 33 heavy (non-hydrogen) atoms. The fourth-order valence-corrected chi connectivity index (χ4v) is 3.97. The number of hydrogen-bond acceptors (Lipinski definition) is 7. The number of carbonyl (C=O) groups is 2. The number of nitrogens with two attached hydrogens (primary N) is 1. The van der Waals surface area contributed by atoms with Crippen LogP contribution >= 0.6 is 0 Å². The zero-order valence-corrected chi connectivity index (χ0v) is 18.9. The van der Waals surface area contributed by atoms with Crippen LogP contribution in [0.3, 0.4) is 0 Å². The van der Waals surface area contributed by atoms with E-state index in [0.29, 0.717) is 28.2 Å². The second-order valence-electron chi connectivity index (χ2n) is 7.42. The van der Waals surface area contributed by atoms with E-state index in [1.165, 1.54) is 24.3 Å². The quantitative estimate of drug-likeness (QED) is 0.241. The molecule has 1 heterocycles. The number of ketones is 1. The van der Waals surface area contributed by atoms with Crippen molar-refractivity contribution in [3.8, 4) is 5.69 Å². The summed E-state index contributed by atoms with van der Waals surface area (Å²) < 4.78 is 29.8. The van der Waals surface area contributed by atoms with Crippen LogP contribution in [-0.4, -0.2) is 36.3 Å². The van der Waals surface area contributed by atoms with Gasteiger partial charge < -0.3 is 9.30 Å². The molecule has 3 aromatic rings. The molecule has 0 aliphatic rings. The van der Waals surface area contributed by atoms with Gasteiger partial charge in [-0.2, -0.15) is 0 Å². The first kappa shape index (κ1) is 23.8. The third-order valence-corrected chi connectivity index (χ3v) is 6.06. The van der Waals surface area contributed by atoms with E-state index in [1.807, 2.05) is 0 Å². The van der Waals surface area contributed by atoms with Crippen molar-refractivity contribution in [2.75, 3.05) is 6.61 Å². The molecule has 0 unspecified atom stereocenters. The lowest BCUT2D eigenvalue weighted by Crippen LogP contribution is -2.15. The summed E-state index contributed by atoms with van der Waals surface area (Å²) in [5.74, 6) is -1.30. The number of nitro groups is 1. The SMILES string of the molecule is Cc1ccc(C(=O)OCC(=O)c2cc(C)n(-c3ccc(S(N)(=O)=O)cc3)c2C)cc1[N+](=O)[O-]. The highest BCUT2D eigenvalue weighted by molar-refractivity contribution is 7.89. The van der Waals surface area contributed by atoms with E-state index in [1.54, 1.807) is 43.5 Å². The largest absolute Gasteiger partial charge is 0.454 e. The Morgan fingerprint density at radius 1 is 1.06 bits per heavy atom. The molecule has 0 aliphatic heterocycles. The number of nitrogens with zero attached hydrogens (tertiary/aromatic N) is 2. The normalized spacial score (nSPS) is 11.3. The molecular weight excluding hydrogens is 450 g/mol. The average Bonchev–Trinajstić information content (AvgIpc) is 3.05. The van der Waals surface area contributed by atoms with Gasteiger partial charge in [0.15, 0.2) is 6.61 Å². The molecule has 0 bridgehead atoms. The standard InChI is InChI=1S/C22H21N3O7S/c1-13-4-5-16(11-20(13)25(28)29)22(27)32-12-21(26)19-10-14(2)24(15(19)3)17-6-8-18(9-7-17)33(23,30)31/h4-11H,12H2,1-3H3,(H2,23,30,31). The molecule has 0 amide bonds. The maximum absolute atomic E-state index is 12.7. The van der Waals surface area contributed by atoms with Crippen LogP contribution in [0.15, 0.2) is 53.4 Å². The first-order valence-corrected chi connectivity index (χ1v) is 11.2. The number of carbonyl (C=O) groups excluding carboxylic acids is 2. The molecule has 2 N–H and O–H groups in total. The van der Waals surface area contributed by atoms with Gasteiger partial charge in [-0.25, -0.2) is 18.4 Å². The van der Waals surface area contributed by atoms with Crippen molar-refractivity contribution < 1.29 is 27.7 Å². The Balaban J connectivity index is 1.78. The van der Waals surface area contributed by atoms with Gasteiger partial charge in [0, 0.05) is 34.3 Å². The molecule has 0 aliphatic carbocycles. The average molecular weight is 471 g/mol. The van der Waals surface area contributed by atoms with Crippen molar-refractivity contribution in [3.05, 3.63) is 86.7 Å². The Morgan fingerprint density at radius 3 is 2.27 bits per heavy atom. The maximum Gasteiger partial charge on any atom is 0.338 e. The van der Waals surface area contributed by atoms with E-state index < -0.39 is 33.3 Å². The van der Waals surface area contributed by atoms with Crippen molar-refractivity contribution in [2.24, 2.45) is 5.14 Å². The monoisotopic (exact) mass is 471 g/mol. The Morgan fingerprint density at radius 2 is 1.70 bits per heavy atom. The van der Waals surface area contributed by atoms with Gasteiger partial charge in [-0.15, -0.1) is 0 Å². The number of aromatic nitrogens is 1. The number of aryl methyl sites for hydroxylation is 2. The van der Waals surface area contributed by atoms with E-state index in [0.717, 1.165) is 6.07 Å². The summed E-state index contributed by atoms with van der Waals surface area (Å²) in [6.07, 6.45) is 0. The molecule has 1 aromatic heterocycles. The zero-order chi connectivity index (χ0) is 24.5. The highest BCUT2D eigenvalue weighted by atomic mass is 32.2. The number of sulfonamides is 1. The highest BCUT2D eigenvalue weighted by Gasteiger charge is 2.20. The van der Waals surface area contributed by atoms with E-state index >= 15 is 0 Å². The predicted octanol–water partition coefficient (Wildman–Crippen LogP) is 3.00. The van der Waals surface area contributed by atoms with Crippen molar-refractivity contribution in [1.29, 1.82) is 0 Å². The van der Waals surface area contributed by atoms with Crippen LogP contribution in [0.2, 0.25) is 0 Å². The summed E-state index contributed by atoms with van der Waals surface area (Å²) in [4.78, 5) is 35.5. The minimum Gasteiger partial charge on any atom is -0.454 e. The van der Waals surface area contributed by atoms with Gasteiger partial charge in [0.2, 0.25) is 15.8 Å². The van der Waals surface area contributed by atoms with Crippen molar-refractivity contribution >= 4 is 27.5 Å². The molecule has 0 fully saturated rings. The van der Waals surface area contributed by atoms with Gasteiger partial charge >= 0.3 is 5.97 Å². The van der Waals surface area contributed by atoms with E-state index in [2.05, 4.69) is 0 Å². The first-order chi connectivity index (χ1) is 15.4. The first-order valence-electron chi connectivity index (χ1n) is 9.67. The summed E-state index contributed by atoms with van der Waals surface area (Å²) in [5, 5.41) is 16.2. The number of ether oxygens (including phenoxy) is 1. The molecule has 0 atom stereocenters. The second kappa shape index (κ2) is 8.96. The van der Waals surface area contributed by atoms with Crippen LogP contribution in [0, 0.1) is 30.9 Å². The van der Waals surface area contributed by atoms with E-state index in [9.17, 15) is 28.1 Å². The summed E-state index contributed by atoms with van der Waals surface area (Å²) in [6, 6.07) is 11.4. The summed E-state index contributed by atoms with van der Waals surface area (Å²) >= 11 is 0. The molecule has 3 rings (SSSR count). The lowest BCUT2D eigenvalue weighted by Gasteiger charge is -2.11. The van der Waals surface area contributed by atoms with Crippen molar-refractivity contribution in [3.63, 3.8) is 0 Å². The lowest BCUT2D eigenvalue weighted by atomic mass is 10.1. The zero-order valence-electron chi connectivity index (χ0n) is 18.1. The third-order valence-electron chi connectivity index (χ3n) is 5.13. The lowest BCUT2D eigenvalue weighted by molar-refractivity contribution is -0.385. The second-order valence-corrected chi connectivity index (χ2v) is 8.98. The van der Waals surface area contributed by atoms with E-state index in [-0.39, 0.29) is 16.1 Å². The summed E-state index contributed by atoms with van der Waals surface area (Å²) in [6.45, 7) is 4.48. The van der Waals surface area contributed by atoms with Gasteiger partial charge in [0.1, 0.15) is 0 Å². The van der Waals surface area contributed by atoms with E-state index in [4.69, 9.17) is 9.88 Å². The van der Waals surface area contributed by atoms with Crippen LogP contribution in [0.25, 0.3) is 5.69 Å². The minimum absolute atomic E-state index is 0.0273. The molecule has 0 saturated carbocycles. The number of esters is 1. The van der Waals surface area contributed by atoms with Gasteiger partial charge in [0.05, 0.1) is 15.4 Å². The van der Waals surface area contributed by atoms with Crippen molar-refractivity contribution in [1.82, 2.24) is 4.57 Å². The van der Waals surface area contributed by atoms with Gasteiger partial charge in [-0.3, -0.25) is 14.9 Å². The van der Waals surface area contributed by atoms with Gasteiger partial charge in [-0.1, -0.05) is 6.07 Å². The van der Waals surface area contributed by atoms with Gasteiger partial charge in [0.25, 0.3) is 5.69 Å². The number of hydrogen-bond donors (Lipinski definition) is 1. The Hall–Kier alpha value is -3.83. The van der Waals surface area contributed by atoms with Crippen LogP contribution in [0.5, 0.6) is 0 Å². The maximum atomic E-state index is 12.7. The molecular formula is C22H21N3O7S. The number of rotatable bonds is 7. The number of primary sulfonamides is 1. The fourth-order valence-electron chi connectivity index (χ4n) is 3.45. The number of nitro benzene ring substituents is 1. The molecule has 2 aromatic carbocycles. The summed E-state index contributed by atoms with van der Waals surface area (Å²) in [5.41, 5.74) is 2.39. The van der Waals surface area contributed by atoms with Gasteiger partial charge in [-0.05, 0) is 57.2 Å². The Labute approximate surface area is 189 Å². The number of Topliss-reactive ketones (excluding diaryl/α,β-unsaturated/α-hetero) is 1. The molecule has 0 saturated heterocycles. The molecule has 0 radical (unpaired) electrons. The number of benzene rings is 2. The molecule has 11 heteroatoms. The highest BCUT2D eigenvalue weighted by Crippen LogP contribution is 2.23. The molecule has 10 nitrogen and oxygen atoms in total. The third kappa shape index (κ3) is 4.99. The Bertz CT molecular complexity index is 1370. The topological polar surface area (TPSA) is 152 Å². The Kier molecular flexibility index (Phi) is 6.47. The molecule has 172 valence electrons. The smallest absolute Gasteiger partial charge is 0.338 e. The molecule has 0 spiro atoms. The van der Waals surface area contributed by atoms with Crippen molar-refractivity contribution in [2.45, 2.75) is 25.7 Å².